The van der Waals surface area contributed by atoms with Crippen LogP contribution >= 0.6 is 0 Å². The molecule has 0 saturated heterocycles. The first kappa shape index (κ1) is 13.4. The third-order valence-electron chi connectivity index (χ3n) is 3.77. The topological polar surface area (TPSA) is 46.2 Å². The van der Waals surface area contributed by atoms with Gasteiger partial charge in [0, 0.05) is 18.0 Å². The molecular formula is C14H21NO2S. The molecule has 3 nitrogen and oxygen atoms in total. The third kappa shape index (κ3) is 3.05. The van der Waals surface area contributed by atoms with Crippen LogP contribution in [0.2, 0.25) is 0 Å². The summed E-state index contributed by atoms with van der Waals surface area (Å²) in [6.07, 6.45) is 3.66. The van der Waals surface area contributed by atoms with Crippen LogP contribution in [0.25, 0.3) is 0 Å². The minimum Gasteiger partial charge on any atom is -0.382 e. The Morgan fingerprint density at radius 1 is 1.17 bits per heavy atom. The van der Waals surface area contributed by atoms with Crippen molar-refractivity contribution in [1.29, 1.82) is 0 Å². The molecule has 1 aliphatic rings. The largest absolute Gasteiger partial charge is 0.382 e. The van der Waals surface area contributed by atoms with Crippen LogP contribution in [0, 0.1) is 11.8 Å². The molecule has 1 aromatic carbocycles. The molecule has 100 valence electrons. The molecule has 0 heterocycles. The van der Waals surface area contributed by atoms with Gasteiger partial charge in [-0.15, -0.1) is 0 Å². The molecule has 2 rings (SSSR count). The van der Waals surface area contributed by atoms with E-state index in [-0.39, 0.29) is 0 Å². The number of benzene rings is 1. The van der Waals surface area contributed by atoms with Gasteiger partial charge < -0.3 is 5.32 Å². The summed E-state index contributed by atoms with van der Waals surface area (Å²) >= 11 is 0. The molecule has 1 fully saturated rings. The first-order valence-electron chi connectivity index (χ1n) is 6.43. The highest BCUT2D eigenvalue weighted by molar-refractivity contribution is 7.90. The summed E-state index contributed by atoms with van der Waals surface area (Å²) in [5.74, 6) is 1.59. The molecule has 1 N–H and O–H groups in total. The van der Waals surface area contributed by atoms with Crippen molar-refractivity contribution in [1.82, 2.24) is 0 Å². The highest BCUT2D eigenvalue weighted by Crippen LogP contribution is 2.35. The second kappa shape index (κ2) is 4.92. The van der Waals surface area contributed by atoms with E-state index in [1.54, 1.807) is 12.1 Å². The fraction of sp³-hybridized carbons (Fsp3) is 0.571. The number of sulfone groups is 1. The van der Waals surface area contributed by atoms with Crippen molar-refractivity contribution in [2.45, 2.75) is 37.6 Å². The first-order chi connectivity index (χ1) is 8.36. The van der Waals surface area contributed by atoms with Gasteiger partial charge in [0.1, 0.15) is 0 Å². The summed E-state index contributed by atoms with van der Waals surface area (Å²) in [5, 5.41) is 3.45. The first-order valence-corrected chi connectivity index (χ1v) is 8.32. The molecule has 0 spiro atoms. The Balaban J connectivity index is 1.93. The predicted octanol–water partition coefficient (Wildman–Crippen LogP) is 2.94. The highest BCUT2D eigenvalue weighted by Gasteiger charge is 2.30. The Morgan fingerprint density at radius 3 is 2.17 bits per heavy atom. The van der Waals surface area contributed by atoms with Crippen LogP contribution in [-0.2, 0) is 9.84 Å². The van der Waals surface area contributed by atoms with Crippen LogP contribution in [0.5, 0.6) is 0 Å². The van der Waals surface area contributed by atoms with Gasteiger partial charge in [0.2, 0.25) is 0 Å². The monoisotopic (exact) mass is 267 g/mol. The van der Waals surface area contributed by atoms with Crippen molar-refractivity contribution in [2.24, 2.45) is 11.8 Å². The lowest BCUT2D eigenvalue weighted by atomic mass is 9.73. The lowest BCUT2D eigenvalue weighted by Gasteiger charge is -2.39. The maximum Gasteiger partial charge on any atom is 0.175 e. The molecule has 0 amide bonds. The molecule has 0 aliphatic heterocycles. The van der Waals surface area contributed by atoms with Gasteiger partial charge in [0.05, 0.1) is 4.90 Å². The maximum atomic E-state index is 11.3. The van der Waals surface area contributed by atoms with Crippen LogP contribution < -0.4 is 5.32 Å². The second-order valence-electron chi connectivity index (χ2n) is 5.61. The molecule has 0 bridgehead atoms. The average Bonchev–Trinajstić information content (AvgIpc) is 2.21. The van der Waals surface area contributed by atoms with Gasteiger partial charge in [-0.25, -0.2) is 8.42 Å². The maximum absolute atomic E-state index is 11.3. The molecule has 0 unspecified atom stereocenters. The fourth-order valence-electron chi connectivity index (χ4n) is 2.36. The third-order valence-corrected chi connectivity index (χ3v) is 4.90. The van der Waals surface area contributed by atoms with Crippen LogP contribution in [0.3, 0.4) is 0 Å². The van der Waals surface area contributed by atoms with Crippen molar-refractivity contribution in [3.63, 3.8) is 0 Å². The fourth-order valence-corrected chi connectivity index (χ4v) is 2.99. The summed E-state index contributed by atoms with van der Waals surface area (Å²) in [7, 11) is -3.09. The van der Waals surface area contributed by atoms with Gasteiger partial charge in [-0.1, -0.05) is 13.8 Å². The van der Waals surface area contributed by atoms with Crippen molar-refractivity contribution in [3.8, 4) is 0 Å². The van der Waals surface area contributed by atoms with E-state index in [0.29, 0.717) is 10.9 Å². The number of hydrogen-bond donors (Lipinski definition) is 1. The van der Waals surface area contributed by atoms with E-state index in [1.165, 1.54) is 19.1 Å². The normalized spacial score (nSPS) is 23.8. The summed E-state index contributed by atoms with van der Waals surface area (Å²) in [4.78, 5) is 0.377. The molecule has 0 radical (unpaired) electrons. The number of hydrogen-bond acceptors (Lipinski definition) is 3. The zero-order chi connectivity index (χ0) is 13.3. The zero-order valence-corrected chi connectivity index (χ0v) is 12.0. The second-order valence-corrected chi connectivity index (χ2v) is 7.63. The summed E-state index contributed by atoms with van der Waals surface area (Å²) in [6, 6.07) is 7.56. The lowest BCUT2D eigenvalue weighted by molar-refractivity contribution is 0.212. The quantitative estimate of drug-likeness (QED) is 0.912. The van der Waals surface area contributed by atoms with E-state index < -0.39 is 9.84 Å². The van der Waals surface area contributed by atoms with E-state index >= 15 is 0 Å². The SMILES string of the molecule is CC(C)C1CC(Nc2ccc(S(C)(=O)=O)cc2)C1. The smallest absolute Gasteiger partial charge is 0.175 e. The van der Waals surface area contributed by atoms with Crippen molar-refractivity contribution >= 4 is 15.5 Å². The molecule has 0 atom stereocenters. The van der Waals surface area contributed by atoms with E-state index in [1.807, 2.05) is 12.1 Å². The Hall–Kier alpha value is -1.03. The minimum atomic E-state index is -3.09. The van der Waals surface area contributed by atoms with Crippen LogP contribution in [0.1, 0.15) is 26.7 Å². The Labute approximate surface area is 110 Å². The number of nitrogens with one attached hydrogen (secondary N) is 1. The summed E-state index contributed by atoms with van der Waals surface area (Å²) in [5.41, 5.74) is 1.01. The van der Waals surface area contributed by atoms with Crippen LogP contribution in [0.4, 0.5) is 5.69 Å². The van der Waals surface area contributed by atoms with Gasteiger partial charge in [0.25, 0.3) is 0 Å². The molecule has 0 aromatic heterocycles. The molecule has 1 saturated carbocycles. The van der Waals surface area contributed by atoms with E-state index in [4.69, 9.17) is 0 Å². The van der Waals surface area contributed by atoms with Gasteiger partial charge >= 0.3 is 0 Å². The zero-order valence-electron chi connectivity index (χ0n) is 11.2. The average molecular weight is 267 g/mol. The van der Waals surface area contributed by atoms with Gasteiger partial charge in [-0.05, 0) is 48.9 Å². The van der Waals surface area contributed by atoms with Crippen molar-refractivity contribution in [3.05, 3.63) is 24.3 Å². The van der Waals surface area contributed by atoms with Crippen LogP contribution in [-0.4, -0.2) is 20.7 Å². The molecule has 18 heavy (non-hydrogen) atoms. The predicted molar refractivity (Wildman–Crippen MR) is 74.5 cm³/mol. The summed E-state index contributed by atoms with van der Waals surface area (Å²) < 4.78 is 22.7. The van der Waals surface area contributed by atoms with Crippen molar-refractivity contribution < 1.29 is 8.42 Å². The molecule has 1 aliphatic carbocycles. The molecule has 1 aromatic rings. The van der Waals surface area contributed by atoms with Crippen LogP contribution in [0.15, 0.2) is 29.2 Å². The Morgan fingerprint density at radius 2 is 1.72 bits per heavy atom. The van der Waals surface area contributed by atoms with E-state index in [9.17, 15) is 8.42 Å². The van der Waals surface area contributed by atoms with Gasteiger partial charge in [0.15, 0.2) is 9.84 Å². The van der Waals surface area contributed by atoms with Gasteiger partial charge in [-0.2, -0.15) is 0 Å². The summed E-state index contributed by atoms with van der Waals surface area (Å²) in [6.45, 7) is 4.53. The minimum absolute atomic E-state index is 0.377. The lowest BCUT2D eigenvalue weighted by Crippen LogP contribution is -2.37. The standard InChI is InChI=1S/C14H21NO2S/c1-10(2)11-8-13(9-11)15-12-4-6-14(7-5-12)18(3,16)17/h4-7,10-11,13,15H,8-9H2,1-3H3. The number of anilines is 1. The molecular weight excluding hydrogens is 246 g/mol. The van der Waals surface area contributed by atoms with Crippen molar-refractivity contribution in [2.75, 3.05) is 11.6 Å². The molecule has 4 heteroatoms. The number of rotatable bonds is 4. The van der Waals surface area contributed by atoms with Gasteiger partial charge in [-0.3, -0.25) is 0 Å². The van der Waals surface area contributed by atoms with E-state index in [2.05, 4.69) is 19.2 Å². The Kier molecular flexibility index (Phi) is 3.66. The highest BCUT2D eigenvalue weighted by atomic mass is 32.2. The Bertz CT molecular complexity index is 499. The van der Waals surface area contributed by atoms with E-state index in [0.717, 1.165) is 17.5 Å².